The molecule has 0 saturated carbocycles. The fraction of sp³-hybridized carbons (Fsp3) is 0.436. The van der Waals surface area contributed by atoms with Crippen LogP contribution in [0, 0.1) is 12.8 Å². The van der Waals surface area contributed by atoms with Crippen molar-refractivity contribution in [2.75, 3.05) is 59.3 Å². The van der Waals surface area contributed by atoms with Crippen LogP contribution in [0.25, 0.3) is 10.9 Å². The van der Waals surface area contributed by atoms with Crippen LogP contribution in [-0.4, -0.2) is 87.4 Å². The van der Waals surface area contributed by atoms with Gasteiger partial charge >= 0.3 is 0 Å². The summed E-state index contributed by atoms with van der Waals surface area (Å²) in [4.78, 5) is 34.0. The van der Waals surface area contributed by atoms with Crippen molar-refractivity contribution in [2.45, 2.75) is 51.5 Å². The monoisotopic (exact) mass is 623 g/mol. The van der Waals surface area contributed by atoms with Gasteiger partial charge in [-0.15, -0.1) is 0 Å². The average molecular weight is 624 g/mol. The number of rotatable bonds is 7. The van der Waals surface area contributed by atoms with E-state index in [9.17, 15) is 9.59 Å². The molecule has 0 bridgehead atoms. The third-order valence-corrected chi connectivity index (χ3v) is 8.95. The van der Waals surface area contributed by atoms with Crippen molar-refractivity contribution >= 4 is 28.8 Å². The number of aromatic nitrogens is 1. The van der Waals surface area contributed by atoms with E-state index in [1.54, 1.807) is 0 Å². The van der Waals surface area contributed by atoms with Gasteiger partial charge in [0, 0.05) is 61.0 Å². The minimum Gasteiger partial charge on any atom is -0.374 e. The molecule has 3 aromatic carbocycles. The summed E-state index contributed by atoms with van der Waals surface area (Å²) in [6, 6.07) is 24.2. The Hall–Kier alpha value is -3.94. The molecule has 7 nitrogen and oxygen atoms in total. The molecule has 46 heavy (non-hydrogen) atoms. The van der Waals surface area contributed by atoms with E-state index in [0.717, 1.165) is 49.8 Å². The number of aldehydes is 1. The molecule has 1 amide bonds. The maximum Gasteiger partial charge on any atom is 0.253 e. The zero-order chi connectivity index (χ0) is 33.1. The standard InChI is InChI=1S/C25H29N3O2.C11H15N.C3H9N/c1-18(22-16-27-23-10-6-5-9-21(22)23)24(17-29)26-15-19-11-13-28(14-12-19)25(30)20-7-3-2-4-8-20;1-9-5-6-11-10(8-9)4-3-7-12(11)2;1-4(2)3/h2-10,16-19,24,26-27H,11-15H2,1H3;5-6,8H,3-4,7H2,1-2H3;1-3H3. The molecule has 1 saturated heterocycles. The lowest BCUT2D eigenvalue weighted by Crippen LogP contribution is -2.43. The molecular formula is C39H53N5O2. The number of carbonyl (C=O) groups is 2. The van der Waals surface area contributed by atoms with E-state index in [2.05, 4.69) is 66.4 Å². The summed E-state index contributed by atoms with van der Waals surface area (Å²) in [5.41, 5.74) is 7.33. The summed E-state index contributed by atoms with van der Waals surface area (Å²) in [5.74, 6) is 0.668. The third-order valence-electron chi connectivity index (χ3n) is 8.95. The number of para-hydroxylation sites is 1. The Morgan fingerprint density at radius 3 is 2.37 bits per heavy atom. The lowest BCUT2D eigenvalue weighted by molar-refractivity contribution is -0.110. The van der Waals surface area contributed by atoms with E-state index in [1.807, 2.05) is 79.6 Å². The van der Waals surface area contributed by atoms with Gasteiger partial charge in [-0.05, 0) is 102 Å². The van der Waals surface area contributed by atoms with Crippen LogP contribution in [0.1, 0.15) is 59.2 Å². The molecule has 0 spiro atoms. The summed E-state index contributed by atoms with van der Waals surface area (Å²) < 4.78 is 0. The van der Waals surface area contributed by atoms with Crippen LogP contribution in [-0.2, 0) is 11.2 Å². The summed E-state index contributed by atoms with van der Waals surface area (Å²) in [6.07, 6.45) is 7.51. The topological polar surface area (TPSA) is 71.7 Å². The zero-order valence-corrected chi connectivity index (χ0v) is 28.6. The van der Waals surface area contributed by atoms with Crippen LogP contribution in [0.5, 0.6) is 0 Å². The van der Waals surface area contributed by atoms with Gasteiger partial charge < -0.3 is 29.8 Å². The van der Waals surface area contributed by atoms with E-state index in [1.165, 1.54) is 47.2 Å². The van der Waals surface area contributed by atoms with Gasteiger partial charge in [0.05, 0.1) is 6.04 Å². The van der Waals surface area contributed by atoms with Crippen LogP contribution < -0.4 is 10.2 Å². The number of carbonyl (C=O) groups excluding carboxylic acids is 2. The number of H-pyrrole nitrogens is 1. The number of benzene rings is 3. The number of amides is 1. The molecular weight excluding hydrogens is 570 g/mol. The average Bonchev–Trinajstić information content (AvgIpc) is 3.50. The van der Waals surface area contributed by atoms with Crippen molar-refractivity contribution in [3.63, 3.8) is 0 Å². The third kappa shape index (κ3) is 9.54. The van der Waals surface area contributed by atoms with E-state index in [4.69, 9.17) is 0 Å². The number of nitrogens with zero attached hydrogens (tertiary/aromatic N) is 3. The van der Waals surface area contributed by atoms with E-state index in [-0.39, 0.29) is 17.9 Å². The first kappa shape index (κ1) is 34.9. The number of aromatic amines is 1. The highest BCUT2D eigenvalue weighted by atomic mass is 16.2. The van der Waals surface area contributed by atoms with Crippen LogP contribution >= 0.6 is 0 Å². The molecule has 0 aliphatic carbocycles. The predicted molar refractivity (Wildman–Crippen MR) is 192 cm³/mol. The van der Waals surface area contributed by atoms with Crippen molar-refractivity contribution in [3.8, 4) is 0 Å². The van der Waals surface area contributed by atoms with Crippen molar-refractivity contribution in [1.82, 2.24) is 20.1 Å². The van der Waals surface area contributed by atoms with Gasteiger partial charge in [0.25, 0.3) is 5.91 Å². The molecule has 7 heteroatoms. The molecule has 2 aliphatic heterocycles. The summed E-state index contributed by atoms with van der Waals surface area (Å²) >= 11 is 0. The van der Waals surface area contributed by atoms with Gasteiger partial charge in [0.15, 0.2) is 0 Å². The lowest BCUT2D eigenvalue weighted by atomic mass is 9.92. The van der Waals surface area contributed by atoms with Gasteiger partial charge in [0.2, 0.25) is 0 Å². The number of piperidine rings is 1. The zero-order valence-electron chi connectivity index (χ0n) is 28.6. The SMILES string of the molecule is CC(c1c[nH]c2ccccc12)C(C=O)NCC1CCN(C(=O)c2ccccc2)CC1.CN(C)C.Cc1ccc2c(c1)CCCN2C. The Morgan fingerprint density at radius 2 is 1.67 bits per heavy atom. The Kier molecular flexibility index (Phi) is 13.0. The Labute approximate surface area is 276 Å². The summed E-state index contributed by atoms with van der Waals surface area (Å²) in [7, 11) is 8.17. The molecule has 3 heterocycles. The highest BCUT2D eigenvalue weighted by Gasteiger charge is 2.26. The number of likely N-dealkylation sites (tertiary alicyclic amines) is 1. The molecule has 6 rings (SSSR count). The quantitative estimate of drug-likeness (QED) is 0.229. The summed E-state index contributed by atoms with van der Waals surface area (Å²) in [5, 5.41) is 4.65. The van der Waals surface area contributed by atoms with Crippen molar-refractivity contribution in [2.24, 2.45) is 5.92 Å². The predicted octanol–water partition coefficient (Wildman–Crippen LogP) is 6.54. The van der Waals surface area contributed by atoms with Gasteiger partial charge in [-0.2, -0.15) is 0 Å². The molecule has 0 radical (unpaired) electrons. The second kappa shape index (κ2) is 17.1. The number of hydrogen-bond donors (Lipinski definition) is 2. The first-order valence-corrected chi connectivity index (χ1v) is 16.7. The van der Waals surface area contributed by atoms with E-state index < -0.39 is 0 Å². The van der Waals surface area contributed by atoms with Crippen LogP contribution in [0.4, 0.5) is 5.69 Å². The second-order valence-electron chi connectivity index (χ2n) is 13.2. The van der Waals surface area contributed by atoms with Gasteiger partial charge in [0.1, 0.15) is 6.29 Å². The number of anilines is 1. The second-order valence-corrected chi connectivity index (χ2v) is 13.2. The fourth-order valence-electron chi connectivity index (χ4n) is 6.33. The maximum absolute atomic E-state index is 12.6. The van der Waals surface area contributed by atoms with Crippen LogP contribution in [0.15, 0.2) is 79.0 Å². The van der Waals surface area contributed by atoms with Crippen molar-refractivity contribution in [3.05, 3.63) is 101 Å². The highest BCUT2D eigenvalue weighted by Crippen LogP contribution is 2.28. The van der Waals surface area contributed by atoms with Crippen LogP contribution in [0.2, 0.25) is 0 Å². The molecule has 246 valence electrons. The Bertz CT molecular complexity index is 1520. The molecule has 1 aromatic heterocycles. The number of nitrogens with one attached hydrogen (secondary N) is 2. The first-order valence-electron chi connectivity index (χ1n) is 16.7. The smallest absolute Gasteiger partial charge is 0.253 e. The first-order chi connectivity index (χ1) is 22.2. The van der Waals surface area contributed by atoms with E-state index in [0.29, 0.717) is 5.92 Å². The molecule has 2 aliphatic rings. The highest BCUT2D eigenvalue weighted by molar-refractivity contribution is 5.94. The van der Waals surface area contributed by atoms with Crippen molar-refractivity contribution < 1.29 is 9.59 Å². The minimum absolute atomic E-state index is 0.0818. The molecule has 4 aromatic rings. The van der Waals surface area contributed by atoms with Gasteiger partial charge in [-0.1, -0.05) is 61.0 Å². The maximum atomic E-state index is 12.6. The summed E-state index contributed by atoms with van der Waals surface area (Å²) in [6.45, 7) is 7.80. The minimum atomic E-state index is -0.229. The molecule has 2 unspecified atom stereocenters. The Balaban J connectivity index is 0.000000247. The molecule has 1 fully saturated rings. The number of aryl methyl sites for hydroxylation is 2. The van der Waals surface area contributed by atoms with Gasteiger partial charge in [-0.3, -0.25) is 4.79 Å². The molecule has 2 N–H and O–H groups in total. The molecule has 2 atom stereocenters. The van der Waals surface area contributed by atoms with Crippen molar-refractivity contribution in [1.29, 1.82) is 0 Å². The lowest BCUT2D eigenvalue weighted by Gasteiger charge is -2.33. The fourth-order valence-corrected chi connectivity index (χ4v) is 6.33. The number of fused-ring (bicyclic) bond motifs is 2. The van der Waals surface area contributed by atoms with Gasteiger partial charge in [-0.25, -0.2) is 0 Å². The number of hydrogen-bond acceptors (Lipinski definition) is 5. The Morgan fingerprint density at radius 1 is 1.00 bits per heavy atom. The van der Waals surface area contributed by atoms with E-state index >= 15 is 0 Å². The largest absolute Gasteiger partial charge is 0.374 e. The van der Waals surface area contributed by atoms with Crippen LogP contribution in [0.3, 0.4) is 0 Å². The normalized spacial score (nSPS) is 16.1.